The molecule has 0 aromatic heterocycles. The minimum Gasteiger partial charge on any atom is -0.449 e. The van der Waals surface area contributed by atoms with Gasteiger partial charge in [-0.3, -0.25) is 4.79 Å². The van der Waals surface area contributed by atoms with Crippen LogP contribution in [0.3, 0.4) is 0 Å². The monoisotopic (exact) mass is 226 g/mol. The number of rotatable bonds is 1. The van der Waals surface area contributed by atoms with E-state index in [0.29, 0.717) is 0 Å². The van der Waals surface area contributed by atoms with Gasteiger partial charge in [-0.15, -0.1) is 0 Å². The lowest BCUT2D eigenvalue weighted by Crippen LogP contribution is -1.87. The lowest BCUT2D eigenvalue weighted by atomic mass is 10.8. The molecular weight excluding hydrogens is 220 g/mol. The predicted octanol–water partition coefficient (Wildman–Crippen LogP) is 1.68. The lowest BCUT2D eigenvalue weighted by molar-refractivity contribution is -0.135. The molecule has 0 fully saturated rings. The molecule has 0 rings (SSSR count). The summed E-state index contributed by atoms with van der Waals surface area (Å²) in [5, 5.41) is 7.45. The van der Waals surface area contributed by atoms with Gasteiger partial charge in [0, 0.05) is 6.92 Å². The maximum absolute atomic E-state index is 9.75. The van der Waals surface area contributed by atoms with Gasteiger partial charge in [-0.05, 0) is 0 Å². The Kier molecular flexibility index (Phi) is 10.3. The molecular formula is C5H7BrO5. The van der Waals surface area contributed by atoms with E-state index in [1.165, 1.54) is 6.92 Å². The zero-order chi connectivity index (χ0) is 9.28. The number of hydrogen-bond acceptors (Lipinski definition) is 4. The highest BCUT2D eigenvalue weighted by Gasteiger charge is 1.84. The largest absolute Gasteiger partial charge is 0.517 e. The fourth-order valence-corrected chi connectivity index (χ4v) is 0.117. The Hall–Kier alpha value is -1.04. The molecule has 0 radical (unpaired) electrons. The number of halogens is 1. The molecule has 64 valence electrons. The number of carboxylic acid groups (broad SMARTS) is 1. The average Bonchev–Trinajstić information content (AvgIpc) is 1.89. The highest BCUT2D eigenvalue weighted by atomic mass is 79.9. The fourth-order valence-electron chi connectivity index (χ4n) is 0.117. The summed E-state index contributed by atoms with van der Waals surface area (Å²) in [5.41, 5.74) is 0. The van der Waals surface area contributed by atoms with E-state index >= 15 is 0 Å². The smallest absolute Gasteiger partial charge is 0.449 e. The molecule has 0 amide bonds. The van der Waals surface area contributed by atoms with E-state index in [1.54, 1.807) is 0 Å². The van der Waals surface area contributed by atoms with E-state index in [9.17, 15) is 4.79 Å². The van der Waals surface area contributed by atoms with Crippen LogP contribution in [0.15, 0.2) is 12.8 Å². The Labute approximate surface area is 72.1 Å². The third-order valence-corrected chi connectivity index (χ3v) is 0.592. The van der Waals surface area contributed by atoms with Gasteiger partial charge in [-0.25, -0.2) is 4.79 Å². The van der Waals surface area contributed by atoms with Crippen LogP contribution in [0.1, 0.15) is 6.92 Å². The number of carbonyl (C=O) groups is 2. The van der Waals surface area contributed by atoms with Gasteiger partial charge in [0.05, 0.1) is 6.26 Å². The number of hydrogen-bond donors (Lipinski definition) is 1. The van der Waals surface area contributed by atoms with Crippen LogP contribution in [0.2, 0.25) is 0 Å². The van der Waals surface area contributed by atoms with Gasteiger partial charge in [-0.1, -0.05) is 6.58 Å². The van der Waals surface area contributed by atoms with Crippen molar-refractivity contribution < 1.29 is 23.3 Å². The lowest BCUT2D eigenvalue weighted by Gasteiger charge is -1.83. The van der Waals surface area contributed by atoms with Gasteiger partial charge in [0.2, 0.25) is 0 Å². The molecule has 1 N–H and O–H groups in total. The van der Waals surface area contributed by atoms with Crippen LogP contribution in [0, 0.1) is 0 Å². The van der Waals surface area contributed by atoms with E-state index in [4.69, 9.17) is 9.90 Å². The molecule has 0 aromatic carbocycles. The fraction of sp³-hybridized carbons (Fsp3) is 0.200. The molecule has 0 saturated heterocycles. The van der Waals surface area contributed by atoms with Gasteiger partial charge in [0.25, 0.3) is 0 Å². The molecule has 0 bridgehead atoms. The summed E-state index contributed by atoms with van der Waals surface area (Å²) < 4.78 is 7.65. The topological polar surface area (TPSA) is 72.8 Å². The first-order chi connectivity index (χ1) is 5.04. The summed E-state index contributed by atoms with van der Waals surface area (Å²) in [6.07, 6.45) is -0.229. The highest BCUT2D eigenvalue weighted by molar-refractivity contribution is 9.06. The maximum atomic E-state index is 9.75. The van der Waals surface area contributed by atoms with Crippen molar-refractivity contribution in [2.24, 2.45) is 0 Å². The van der Waals surface area contributed by atoms with Crippen molar-refractivity contribution in [2.45, 2.75) is 6.92 Å². The maximum Gasteiger partial charge on any atom is 0.517 e. The molecule has 0 spiro atoms. The average molecular weight is 227 g/mol. The molecule has 0 saturated carbocycles. The SMILES string of the molecule is C=COC(C)=O.O=C(O)OBr. The van der Waals surface area contributed by atoms with Crippen molar-refractivity contribution in [3.63, 3.8) is 0 Å². The van der Waals surface area contributed by atoms with E-state index in [2.05, 4.69) is 31.4 Å². The summed E-state index contributed by atoms with van der Waals surface area (Å²) in [5.74, 6) is -0.329. The van der Waals surface area contributed by atoms with Crippen molar-refractivity contribution in [1.29, 1.82) is 0 Å². The minimum absolute atomic E-state index is 0.329. The van der Waals surface area contributed by atoms with Crippen molar-refractivity contribution >= 4 is 28.4 Å². The molecule has 0 aliphatic heterocycles. The Bertz CT molecular complexity index is 144. The molecule has 0 aliphatic rings. The second-order valence-electron chi connectivity index (χ2n) is 1.12. The normalized spacial score (nSPS) is 6.73. The molecule has 0 aliphatic carbocycles. The van der Waals surface area contributed by atoms with Crippen molar-refractivity contribution in [2.75, 3.05) is 0 Å². The summed E-state index contributed by atoms with van der Waals surface area (Å²) in [6.45, 7) is 4.48. The third kappa shape index (κ3) is 27.7. The zero-order valence-corrected chi connectivity index (χ0v) is 7.33. The summed E-state index contributed by atoms with van der Waals surface area (Å²) in [6, 6.07) is 0. The standard InChI is InChI=1S/C4H6O2.CHBrO3/c1-3-6-4(2)5;2-5-1(3)4/h3H,1H2,2H3;(H,3,4). The number of esters is 1. The van der Waals surface area contributed by atoms with Crippen LogP contribution in [0.4, 0.5) is 4.79 Å². The van der Waals surface area contributed by atoms with Crippen molar-refractivity contribution in [3.05, 3.63) is 12.8 Å². The van der Waals surface area contributed by atoms with Crippen LogP contribution in [0.5, 0.6) is 0 Å². The first-order valence-electron chi connectivity index (χ1n) is 2.34. The summed E-state index contributed by atoms with van der Waals surface area (Å²) in [7, 11) is 0. The van der Waals surface area contributed by atoms with Crippen LogP contribution in [-0.2, 0) is 13.4 Å². The van der Waals surface area contributed by atoms with Gasteiger partial charge < -0.3 is 13.7 Å². The quantitative estimate of drug-likeness (QED) is 0.544. The Morgan fingerprint density at radius 1 is 1.64 bits per heavy atom. The van der Waals surface area contributed by atoms with E-state index < -0.39 is 6.16 Å². The van der Waals surface area contributed by atoms with Gasteiger partial charge in [-0.2, -0.15) is 0 Å². The zero-order valence-electron chi connectivity index (χ0n) is 5.74. The van der Waals surface area contributed by atoms with Crippen molar-refractivity contribution in [1.82, 2.24) is 0 Å². The number of carbonyl (C=O) groups excluding carboxylic acids is 1. The molecule has 0 unspecified atom stereocenters. The van der Waals surface area contributed by atoms with Crippen LogP contribution in [-0.4, -0.2) is 17.2 Å². The third-order valence-electron chi connectivity index (χ3n) is 0.315. The summed E-state index contributed by atoms with van der Waals surface area (Å²) in [4.78, 5) is 18.8. The van der Waals surface area contributed by atoms with Gasteiger partial charge in [0.1, 0.15) is 0 Å². The highest BCUT2D eigenvalue weighted by Crippen LogP contribution is 1.80. The van der Waals surface area contributed by atoms with E-state index in [0.717, 1.165) is 6.26 Å². The first kappa shape index (κ1) is 12.6. The predicted molar refractivity (Wildman–Crippen MR) is 40.0 cm³/mol. The molecule has 11 heavy (non-hydrogen) atoms. The molecule has 0 atom stereocenters. The van der Waals surface area contributed by atoms with Gasteiger partial charge in [0.15, 0.2) is 16.3 Å². The van der Waals surface area contributed by atoms with E-state index in [1.807, 2.05) is 0 Å². The van der Waals surface area contributed by atoms with Crippen LogP contribution < -0.4 is 0 Å². The molecule has 5 nitrogen and oxygen atoms in total. The summed E-state index contributed by atoms with van der Waals surface area (Å²) >= 11 is 2.21. The van der Waals surface area contributed by atoms with Gasteiger partial charge >= 0.3 is 12.1 Å². The number of ether oxygens (including phenoxy) is 1. The van der Waals surface area contributed by atoms with Crippen LogP contribution in [0.25, 0.3) is 0 Å². The Morgan fingerprint density at radius 2 is 2.00 bits per heavy atom. The second-order valence-corrected chi connectivity index (χ2v) is 1.44. The van der Waals surface area contributed by atoms with E-state index in [-0.39, 0.29) is 5.97 Å². The Balaban J connectivity index is 0. The molecule has 6 heteroatoms. The minimum atomic E-state index is -1.33. The Morgan fingerprint density at radius 3 is 2.00 bits per heavy atom. The molecule has 0 heterocycles. The molecule has 0 aromatic rings. The van der Waals surface area contributed by atoms with Crippen LogP contribution >= 0.6 is 16.3 Å². The first-order valence-corrected chi connectivity index (χ1v) is 2.99. The van der Waals surface area contributed by atoms with Crippen molar-refractivity contribution in [3.8, 4) is 0 Å². The second kappa shape index (κ2) is 8.96.